The van der Waals surface area contributed by atoms with Crippen molar-refractivity contribution in [1.82, 2.24) is 0 Å². The largest absolute Gasteiger partial charge is 0.497 e. The van der Waals surface area contributed by atoms with E-state index in [-0.39, 0.29) is 23.8 Å². The molecule has 3 rings (SSSR count). The predicted molar refractivity (Wildman–Crippen MR) is 119 cm³/mol. The van der Waals surface area contributed by atoms with Crippen molar-refractivity contribution < 1.29 is 37.4 Å². The van der Waals surface area contributed by atoms with Crippen LogP contribution in [0.5, 0.6) is 11.5 Å². The molecular formula is C24H20F2N2O6. The van der Waals surface area contributed by atoms with Crippen LogP contribution in [-0.4, -0.2) is 38.1 Å². The highest BCUT2D eigenvalue weighted by atomic mass is 19.1. The van der Waals surface area contributed by atoms with Gasteiger partial charge < -0.3 is 24.8 Å². The molecule has 3 aromatic carbocycles. The molecule has 0 atom stereocenters. The van der Waals surface area contributed by atoms with Crippen molar-refractivity contribution in [3.05, 3.63) is 83.9 Å². The highest BCUT2D eigenvalue weighted by Crippen LogP contribution is 2.17. The van der Waals surface area contributed by atoms with Gasteiger partial charge in [-0.15, -0.1) is 0 Å². The molecule has 2 amide bonds. The minimum atomic E-state index is -0.854. The Kier molecular flexibility index (Phi) is 8.11. The number of methoxy groups -OCH3 is 1. The average molecular weight is 470 g/mol. The number of halogens is 2. The first-order valence-electron chi connectivity index (χ1n) is 9.92. The van der Waals surface area contributed by atoms with Crippen LogP contribution in [-0.2, 0) is 14.3 Å². The fraction of sp³-hybridized carbons (Fsp3) is 0.125. The summed E-state index contributed by atoms with van der Waals surface area (Å²) in [7, 11) is 1.52. The quantitative estimate of drug-likeness (QED) is 0.462. The third-order valence-corrected chi connectivity index (χ3v) is 4.29. The van der Waals surface area contributed by atoms with Crippen LogP contribution in [0, 0.1) is 11.6 Å². The molecule has 176 valence electrons. The second kappa shape index (κ2) is 11.4. The number of rotatable bonds is 9. The number of carbonyl (C=O) groups is 3. The fourth-order valence-corrected chi connectivity index (χ4v) is 2.77. The van der Waals surface area contributed by atoms with Crippen LogP contribution in [0.2, 0.25) is 0 Å². The summed E-state index contributed by atoms with van der Waals surface area (Å²) in [5.74, 6) is -2.71. The smallest absolute Gasteiger partial charge is 0.338 e. The Balaban J connectivity index is 1.44. The van der Waals surface area contributed by atoms with Gasteiger partial charge in [0, 0.05) is 23.5 Å². The van der Waals surface area contributed by atoms with E-state index in [2.05, 4.69) is 10.6 Å². The molecule has 0 fully saturated rings. The van der Waals surface area contributed by atoms with Gasteiger partial charge in [-0.1, -0.05) is 6.07 Å². The summed E-state index contributed by atoms with van der Waals surface area (Å²) in [6.07, 6.45) is 0. The van der Waals surface area contributed by atoms with E-state index >= 15 is 0 Å². The molecule has 0 aliphatic carbocycles. The molecule has 0 aliphatic heterocycles. The van der Waals surface area contributed by atoms with E-state index < -0.39 is 30.1 Å². The molecule has 10 heteroatoms. The zero-order valence-electron chi connectivity index (χ0n) is 18.0. The summed E-state index contributed by atoms with van der Waals surface area (Å²) in [4.78, 5) is 36.0. The van der Waals surface area contributed by atoms with Crippen molar-refractivity contribution in [3.8, 4) is 11.5 Å². The fourth-order valence-electron chi connectivity index (χ4n) is 2.77. The standard InChI is InChI=1S/C24H20F2N2O6/c1-32-21-4-2-3-18(12-21)27-22(29)13-33-20-7-5-15(6-8-20)24(31)34-14-23(30)28-19-10-16(25)9-17(26)11-19/h2-12H,13-14H2,1H3,(H,27,29)(H,28,30). The highest BCUT2D eigenvalue weighted by Gasteiger charge is 2.12. The summed E-state index contributed by atoms with van der Waals surface area (Å²) in [6.45, 7) is -0.915. The van der Waals surface area contributed by atoms with Crippen molar-refractivity contribution in [2.45, 2.75) is 0 Å². The van der Waals surface area contributed by atoms with Gasteiger partial charge in [0.2, 0.25) is 0 Å². The van der Waals surface area contributed by atoms with Crippen molar-refractivity contribution >= 4 is 29.2 Å². The molecule has 0 unspecified atom stereocenters. The SMILES string of the molecule is COc1cccc(NC(=O)COc2ccc(C(=O)OCC(=O)Nc3cc(F)cc(F)c3)cc2)c1. The maximum atomic E-state index is 13.2. The lowest BCUT2D eigenvalue weighted by Crippen LogP contribution is -2.21. The van der Waals surface area contributed by atoms with Crippen LogP contribution in [0.15, 0.2) is 66.7 Å². The first kappa shape index (κ1) is 24.2. The van der Waals surface area contributed by atoms with E-state index in [0.29, 0.717) is 23.3 Å². The molecule has 0 saturated heterocycles. The van der Waals surface area contributed by atoms with Gasteiger partial charge in [0.1, 0.15) is 23.1 Å². The number of hydrogen-bond acceptors (Lipinski definition) is 6. The van der Waals surface area contributed by atoms with E-state index in [0.717, 1.165) is 12.1 Å². The number of hydrogen-bond donors (Lipinski definition) is 2. The van der Waals surface area contributed by atoms with Gasteiger partial charge in [0.05, 0.1) is 12.7 Å². The molecule has 0 aromatic heterocycles. The maximum Gasteiger partial charge on any atom is 0.338 e. The lowest BCUT2D eigenvalue weighted by Gasteiger charge is -2.09. The molecule has 3 aromatic rings. The zero-order chi connectivity index (χ0) is 24.5. The van der Waals surface area contributed by atoms with E-state index in [1.165, 1.54) is 31.4 Å². The number of carbonyl (C=O) groups excluding carboxylic acids is 3. The number of ether oxygens (including phenoxy) is 3. The molecule has 0 radical (unpaired) electrons. The number of benzene rings is 3. The van der Waals surface area contributed by atoms with E-state index in [1.807, 2.05) is 0 Å². The average Bonchev–Trinajstić information content (AvgIpc) is 2.81. The topological polar surface area (TPSA) is 103 Å². The van der Waals surface area contributed by atoms with Crippen molar-refractivity contribution in [3.63, 3.8) is 0 Å². The molecule has 0 bridgehead atoms. The summed E-state index contributed by atoms with van der Waals surface area (Å²) in [5.41, 5.74) is 0.589. The van der Waals surface area contributed by atoms with Crippen LogP contribution >= 0.6 is 0 Å². The molecule has 0 heterocycles. The Morgan fingerprint density at radius 1 is 0.765 bits per heavy atom. The summed E-state index contributed by atoms with van der Waals surface area (Å²) >= 11 is 0. The lowest BCUT2D eigenvalue weighted by molar-refractivity contribution is -0.119. The van der Waals surface area contributed by atoms with E-state index in [4.69, 9.17) is 14.2 Å². The number of amides is 2. The molecule has 34 heavy (non-hydrogen) atoms. The Morgan fingerprint density at radius 3 is 2.09 bits per heavy atom. The highest BCUT2D eigenvalue weighted by molar-refractivity contribution is 5.95. The van der Waals surface area contributed by atoms with Crippen molar-refractivity contribution in [2.24, 2.45) is 0 Å². The van der Waals surface area contributed by atoms with Gasteiger partial charge in [-0.05, 0) is 48.5 Å². The predicted octanol–water partition coefficient (Wildman–Crippen LogP) is 3.79. The second-order valence-electron chi connectivity index (χ2n) is 6.88. The Bertz CT molecular complexity index is 1160. The zero-order valence-corrected chi connectivity index (χ0v) is 18.0. The van der Waals surface area contributed by atoms with Crippen LogP contribution in [0.3, 0.4) is 0 Å². The van der Waals surface area contributed by atoms with Gasteiger partial charge >= 0.3 is 5.97 Å². The Labute approximate surface area is 193 Å². The monoisotopic (exact) mass is 470 g/mol. The van der Waals surface area contributed by atoms with Gasteiger partial charge in [-0.2, -0.15) is 0 Å². The number of esters is 1. The van der Waals surface area contributed by atoms with Crippen molar-refractivity contribution in [1.29, 1.82) is 0 Å². The molecule has 0 spiro atoms. The number of anilines is 2. The summed E-state index contributed by atoms with van der Waals surface area (Å²) in [5, 5.41) is 4.90. The second-order valence-corrected chi connectivity index (χ2v) is 6.88. The van der Waals surface area contributed by atoms with Gasteiger partial charge in [0.15, 0.2) is 13.2 Å². The molecule has 0 aliphatic rings. The Hall–Kier alpha value is -4.47. The first-order chi connectivity index (χ1) is 16.3. The minimum Gasteiger partial charge on any atom is -0.497 e. The van der Waals surface area contributed by atoms with Crippen LogP contribution in [0.25, 0.3) is 0 Å². The summed E-state index contributed by atoms with van der Waals surface area (Å²) in [6, 6.07) is 15.1. The first-order valence-corrected chi connectivity index (χ1v) is 9.92. The van der Waals surface area contributed by atoms with Crippen LogP contribution < -0.4 is 20.1 Å². The lowest BCUT2D eigenvalue weighted by atomic mass is 10.2. The normalized spacial score (nSPS) is 10.2. The Morgan fingerprint density at radius 2 is 1.41 bits per heavy atom. The minimum absolute atomic E-state index is 0.101. The third kappa shape index (κ3) is 7.30. The van der Waals surface area contributed by atoms with Crippen LogP contribution in [0.1, 0.15) is 10.4 Å². The maximum absolute atomic E-state index is 13.2. The van der Waals surface area contributed by atoms with Crippen molar-refractivity contribution in [2.75, 3.05) is 31.0 Å². The van der Waals surface area contributed by atoms with E-state index in [9.17, 15) is 23.2 Å². The molecular weight excluding hydrogens is 450 g/mol. The van der Waals surface area contributed by atoms with E-state index in [1.54, 1.807) is 24.3 Å². The van der Waals surface area contributed by atoms with Crippen LogP contribution in [0.4, 0.5) is 20.2 Å². The third-order valence-electron chi connectivity index (χ3n) is 4.29. The van der Waals surface area contributed by atoms with Gasteiger partial charge in [0.25, 0.3) is 11.8 Å². The number of nitrogens with one attached hydrogen (secondary N) is 2. The molecule has 8 nitrogen and oxygen atoms in total. The van der Waals surface area contributed by atoms with Gasteiger partial charge in [-0.3, -0.25) is 9.59 Å². The molecule has 0 saturated carbocycles. The summed E-state index contributed by atoms with van der Waals surface area (Å²) < 4.78 is 41.7. The van der Waals surface area contributed by atoms with Gasteiger partial charge in [-0.25, -0.2) is 13.6 Å². The molecule has 2 N–H and O–H groups in total.